The van der Waals surface area contributed by atoms with Crippen molar-refractivity contribution in [1.82, 2.24) is 0 Å². The molecule has 0 aliphatic heterocycles. The lowest BCUT2D eigenvalue weighted by atomic mass is 10.2. The Morgan fingerprint density at radius 2 is 2.06 bits per heavy atom. The number of carbonyl (C=O) groups excluding carboxylic acids is 2. The van der Waals surface area contributed by atoms with Crippen LogP contribution in [0.5, 0.6) is 0 Å². The molecule has 0 radical (unpaired) electrons. The van der Waals surface area contributed by atoms with Gasteiger partial charge in [-0.15, -0.1) is 0 Å². The van der Waals surface area contributed by atoms with E-state index in [0.29, 0.717) is 5.02 Å². The van der Waals surface area contributed by atoms with Gasteiger partial charge in [-0.1, -0.05) is 11.6 Å². The molecule has 0 aromatic heterocycles. The predicted octanol–water partition coefficient (Wildman–Crippen LogP) is 2.03. The molecule has 0 saturated heterocycles. The molecule has 0 unspecified atom stereocenters. The monoisotopic (exact) mass is 271 g/mol. The van der Waals surface area contributed by atoms with Crippen molar-refractivity contribution in [2.24, 2.45) is 0 Å². The zero-order valence-corrected chi connectivity index (χ0v) is 10.9. The van der Waals surface area contributed by atoms with Crippen LogP contribution in [0.1, 0.15) is 24.2 Å². The van der Waals surface area contributed by atoms with E-state index < -0.39 is 18.5 Å². The van der Waals surface area contributed by atoms with Crippen LogP contribution in [0.4, 0.5) is 5.69 Å². The quantitative estimate of drug-likeness (QED) is 0.670. The number of hydrogen-bond acceptors (Lipinski definition) is 5. The van der Waals surface area contributed by atoms with Crippen molar-refractivity contribution in [2.75, 3.05) is 12.3 Å². The van der Waals surface area contributed by atoms with Crippen LogP contribution in [-0.2, 0) is 14.3 Å². The smallest absolute Gasteiger partial charge is 0.344 e. The molecule has 0 fully saturated rings. The first kappa shape index (κ1) is 14.3. The van der Waals surface area contributed by atoms with Crippen LogP contribution < -0.4 is 5.73 Å². The SMILES string of the molecule is CC(C)OC(=O)COC(=O)c1ccc(Cl)cc1N. The van der Waals surface area contributed by atoms with Crippen molar-refractivity contribution in [1.29, 1.82) is 0 Å². The molecule has 1 aromatic rings. The summed E-state index contributed by atoms with van der Waals surface area (Å²) in [6.45, 7) is 2.97. The maximum Gasteiger partial charge on any atom is 0.344 e. The summed E-state index contributed by atoms with van der Waals surface area (Å²) in [6.07, 6.45) is -0.253. The van der Waals surface area contributed by atoms with Crippen molar-refractivity contribution in [2.45, 2.75) is 20.0 Å². The number of benzene rings is 1. The molecule has 0 atom stereocenters. The molecule has 18 heavy (non-hydrogen) atoms. The maximum absolute atomic E-state index is 11.6. The minimum absolute atomic E-state index is 0.164. The van der Waals surface area contributed by atoms with E-state index in [9.17, 15) is 9.59 Å². The van der Waals surface area contributed by atoms with Gasteiger partial charge in [-0.2, -0.15) is 0 Å². The van der Waals surface area contributed by atoms with Gasteiger partial charge in [0.1, 0.15) is 0 Å². The molecule has 0 bridgehead atoms. The lowest BCUT2D eigenvalue weighted by Gasteiger charge is -2.09. The minimum Gasteiger partial charge on any atom is -0.460 e. The van der Waals surface area contributed by atoms with Crippen LogP contribution in [0.15, 0.2) is 18.2 Å². The fourth-order valence-electron chi connectivity index (χ4n) is 1.22. The van der Waals surface area contributed by atoms with E-state index in [1.165, 1.54) is 18.2 Å². The summed E-state index contributed by atoms with van der Waals surface area (Å²) < 4.78 is 9.59. The van der Waals surface area contributed by atoms with E-state index in [1.54, 1.807) is 13.8 Å². The number of hydrogen-bond donors (Lipinski definition) is 1. The average molecular weight is 272 g/mol. The van der Waals surface area contributed by atoms with Crippen LogP contribution in [0.25, 0.3) is 0 Å². The first-order valence-electron chi connectivity index (χ1n) is 5.31. The molecule has 0 amide bonds. The Morgan fingerprint density at radius 3 is 2.61 bits per heavy atom. The van der Waals surface area contributed by atoms with Gasteiger partial charge in [-0.25, -0.2) is 9.59 Å². The Hall–Kier alpha value is -1.75. The van der Waals surface area contributed by atoms with Crippen molar-refractivity contribution in [3.05, 3.63) is 28.8 Å². The summed E-state index contributed by atoms with van der Waals surface area (Å²) in [6, 6.07) is 4.39. The molecule has 5 nitrogen and oxygen atoms in total. The first-order valence-corrected chi connectivity index (χ1v) is 5.69. The number of esters is 2. The van der Waals surface area contributed by atoms with Gasteiger partial charge in [-0.05, 0) is 32.0 Å². The molecule has 0 heterocycles. The summed E-state index contributed by atoms with van der Waals surface area (Å²) in [5.41, 5.74) is 5.97. The number of halogens is 1. The Morgan fingerprint density at radius 1 is 1.39 bits per heavy atom. The second-order valence-corrected chi connectivity index (χ2v) is 4.28. The molecule has 0 spiro atoms. The highest BCUT2D eigenvalue weighted by Gasteiger charge is 2.14. The molecule has 98 valence electrons. The zero-order valence-electron chi connectivity index (χ0n) is 10.1. The van der Waals surface area contributed by atoms with Gasteiger partial charge in [0, 0.05) is 10.7 Å². The molecule has 6 heteroatoms. The molecular weight excluding hydrogens is 258 g/mol. The Kier molecular flexibility index (Phi) is 4.97. The number of rotatable bonds is 4. The fourth-order valence-corrected chi connectivity index (χ4v) is 1.40. The Labute approximate surface area is 110 Å². The fraction of sp³-hybridized carbons (Fsp3) is 0.333. The highest BCUT2D eigenvalue weighted by Crippen LogP contribution is 2.18. The number of ether oxygens (including phenoxy) is 2. The van der Waals surface area contributed by atoms with E-state index >= 15 is 0 Å². The summed E-state index contributed by atoms with van der Waals surface area (Å²) in [7, 11) is 0. The van der Waals surface area contributed by atoms with Gasteiger partial charge in [0.25, 0.3) is 0 Å². The van der Waals surface area contributed by atoms with E-state index in [-0.39, 0.29) is 17.4 Å². The van der Waals surface area contributed by atoms with Crippen molar-refractivity contribution < 1.29 is 19.1 Å². The van der Waals surface area contributed by atoms with Crippen molar-refractivity contribution in [3.8, 4) is 0 Å². The van der Waals surface area contributed by atoms with Crippen molar-refractivity contribution >= 4 is 29.2 Å². The summed E-state index contributed by atoms with van der Waals surface area (Å²) >= 11 is 5.70. The molecule has 1 rings (SSSR count). The average Bonchev–Trinajstić information content (AvgIpc) is 2.25. The van der Waals surface area contributed by atoms with E-state index in [4.69, 9.17) is 26.8 Å². The molecule has 0 aliphatic rings. The van der Waals surface area contributed by atoms with Gasteiger partial charge in [0.2, 0.25) is 0 Å². The van der Waals surface area contributed by atoms with Gasteiger partial charge in [0.05, 0.1) is 11.7 Å². The summed E-state index contributed by atoms with van der Waals surface area (Å²) in [4.78, 5) is 22.8. The molecule has 0 aliphatic carbocycles. The van der Waals surface area contributed by atoms with E-state index in [1.807, 2.05) is 0 Å². The molecular formula is C12H14ClNO4. The topological polar surface area (TPSA) is 78.6 Å². The molecule has 2 N–H and O–H groups in total. The summed E-state index contributed by atoms with van der Waals surface area (Å²) in [5.74, 6) is -1.30. The number of nitrogen functional groups attached to an aromatic ring is 1. The lowest BCUT2D eigenvalue weighted by Crippen LogP contribution is -2.20. The second-order valence-electron chi connectivity index (χ2n) is 3.85. The van der Waals surface area contributed by atoms with Crippen LogP contribution in [0, 0.1) is 0 Å². The highest BCUT2D eigenvalue weighted by atomic mass is 35.5. The third kappa shape index (κ3) is 4.25. The van der Waals surface area contributed by atoms with E-state index in [2.05, 4.69) is 0 Å². The van der Waals surface area contributed by atoms with Crippen LogP contribution >= 0.6 is 11.6 Å². The number of nitrogens with two attached hydrogens (primary N) is 1. The normalized spacial score (nSPS) is 10.2. The molecule has 0 saturated carbocycles. The van der Waals surface area contributed by atoms with Crippen LogP contribution in [-0.4, -0.2) is 24.6 Å². The largest absolute Gasteiger partial charge is 0.460 e. The Balaban J connectivity index is 2.58. The third-order valence-corrected chi connectivity index (χ3v) is 2.16. The minimum atomic E-state index is -0.690. The number of carbonyl (C=O) groups is 2. The van der Waals surface area contributed by atoms with Crippen molar-refractivity contribution in [3.63, 3.8) is 0 Å². The second kappa shape index (κ2) is 6.26. The maximum atomic E-state index is 11.6. The molecule has 1 aromatic carbocycles. The first-order chi connectivity index (χ1) is 8.40. The van der Waals surface area contributed by atoms with Gasteiger partial charge >= 0.3 is 11.9 Å². The third-order valence-electron chi connectivity index (χ3n) is 1.92. The van der Waals surface area contributed by atoms with Crippen LogP contribution in [0.2, 0.25) is 5.02 Å². The zero-order chi connectivity index (χ0) is 13.7. The lowest BCUT2D eigenvalue weighted by molar-refractivity contribution is -0.150. The van der Waals surface area contributed by atoms with Gasteiger partial charge in [-0.3, -0.25) is 0 Å². The van der Waals surface area contributed by atoms with Crippen LogP contribution in [0.3, 0.4) is 0 Å². The van der Waals surface area contributed by atoms with E-state index in [0.717, 1.165) is 0 Å². The van der Waals surface area contributed by atoms with Gasteiger partial charge < -0.3 is 15.2 Å². The van der Waals surface area contributed by atoms with Gasteiger partial charge in [0.15, 0.2) is 6.61 Å². The summed E-state index contributed by atoms with van der Waals surface area (Å²) in [5, 5.41) is 0.420. The standard InChI is InChI=1S/C12H14ClNO4/c1-7(2)18-11(15)6-17-12(16)9-4-3-8(13)5-10(9)14/h3-5,7H,6,14H2,1-2H3. The predicted molar refractivity (Wildman–Crippen MR) is 67.4 cm³/mol. The Bertz CT molecular complexity index is 459. The number of anilines is 1. The highest BCUT2D eigenvalue weighted by molar-refractivity contribution is 6.31.